The summed E-state index contributed by atoms with van der Waals surface area (Å²) in [6.45, 7) is 0. The monoisotopic (exact) mass is 406 g/mol. The molecule has 2 heterocycles. The van der Waals surface area contributed by atoms with Crippen LogP contribution in [0.4, 0.5) is 15.9 Å². The molecule has 0 bridgehead atoms. The van der Waals surface area contributed by atoms with E-state index in [1.807, 2.05) is 24.3 Å². The summed E-state index contributed by atoms with van der Waals surface area (Å²) in [5.74, 6) is 1.73. The lowest BCUT2D eigenvalue weighted by Crippen LogP contribution is -2.21. The van der Waals surface area contributed by atoms with Crippen LogP contribution in [0.2, 0.25) is 5.02 Å². The Bertz CT molecular complexity index is 974. The maximum Gasteiger partial charge on any atom is 0.168 e. The summed E-state index contributed by atoms with van der Waals surface area (Å²) in [5, 5.41) is 11.2. The van der Waals surface area contributed by atoms with Gasteiger partial charge in [0.2, 0.25) is 0 Å². The fourth-order valence-electron chi connectivity index (χ4n) is 2.74. The van der Waals surface area contributed by atoms with Crippen molar-refractivity contribution in [1.82, 2.24) is 9.19 Å². The van der Waals surface area contributed by atoms with Gasteiger partial charge in [0.15, 0.2) is 17.0 Å². The summed E-state index contributed by atoms with van der Waals surface area (Å²) in [6.07, 6.45) is 0. The highest BCUT2D eigenvalue weighted by molar-refractivity contribution is 7.98. The van der Waals surface area contributed by atoms with Gasteiger partial charge in [-0.2, -0.15) is 9.19 Å². The molecular formula is C18H16ClFN4O2S. The van der Waals surface area contributed by atoms with Crippen LogP contribution < -0.4 is 20.1 Å². The molecule has 2 aromatic carbocycles. The molecule has 2 N–H and O–H groups in total. The molecule has 1 aromatic heterocycles. The molecule has 6 nitrogen and oxygen atoms in total. The molecule has 3 aromatic rings. The number of hydrogen-bond donors (Lipinski definition) is 2. The summed E-state index contributed by atoms with van der Waals surface area (Å²) >= 11 is 7.29. The SMILES string of the molecule is COc1ccc(-c2cc3n(n2)SC(Nc2ccc(F)c(Cl)c2)N3)cc1OC. The van der Waals surface area contributed by atoms with Crippen LogP contribution in [0.3, 0.4) is 0 Å². The molecule has 0 fully saturated rings. The van der Waals surface area contributed by atoms with Gasteiger partial charge in [-0.05, 0) is 36.4 Å². The van der Waals surface area contributed by atoms with Gasteiger partial charge in [0.1, 0.15) is 11.6 Å². The van der Waals surface area contributed by atoms with E-state index in [-0.39, 0.29) is 10.5 Å². The topological polar surface area (TPSA) is 60.3 Å². The Morgan fingerprint density at radius 1 is 1.15 bits per heavy atom. The smallest absolute Gasteiger partial charge is 0.168 e. The Balaban J connectivity index is 1.49. The largest absolute Gasteiger partial charge is 0.493 e. The maximum atomic E-state index is 13.3. The number of benzene rings is 2. The molecule has 1 unspecified atom stereocenters. The molecule has 4 rings (SSSR count). The Morgan fingerprint density at radius 3 is 2.67 bits per heavy atom. The number of hydrogen-bond acceptors (Lipinski definition) is 6. The van der Waals surface area contributed by atoms with Gasteiger partial charge in [-0.3, -0.25) is 0 Å². The number of nitrogens with zero attached hydrogens (tertiary/aromatic N) is 2. The predicted octanol–water partition coefficient (Wildman–Crippen LogP) is 4.68. The van der Waals surface area contributed by atoms with Crippen LogP contribution in [0, 0.1) is 5.82 Å². The van der Waals surface area contributed by atoms with Crippen molar-refractivity contribution in [3.05, 3.63) is 53.3 Å². The average Bonchev–Trinajstić information content (AvgIpc) is 3.22. The number of aromatic nitrogens is 2. The minimum atomic E-state index is -0.443. The van der Waals surface area contributed by atoms with Crippen molar-refractivity contribution >= 4 is 35.1 Å². The lowest BCUT2D eigenvalue weighted by molar-refractivity contribution is 0.355. The molecule has 27 heavy (non-hydrogen) atoms. The lowest BCUT2D eigenvalue weighted by Gasteiger charge is -2.13. The van der Waals surface area contributed by atoms with Crippen LogP contribution >= 0.6 is 23.5 Å². The van der Waals surface area contributed by atoms with E-state index < -0.39 is 5.82 Å². The molecule has 0 aliphatic carbocycles. The Labute approximate surface area is 164 Å². The molecule has 140 valence electrons. The van der Waals surface area contributed by atoms with Crippen molar-refractivity contribution in [2.45, 2.75) is 5.50 Å². The number of fused-ring (bicyclic) bond motifs is 1. The van der Waals surface area contributed by atoms with Gasteiger partial charge in [0.05, 0.1) is 24.9 Å². The average molecular weight is 407 g/mol. The number of halogens is 2. The first-order valence-electron chi connectivity index (χ1n) is 8.05. The highest BCUT2D eigenvalue weighted by Gasteiger charge is 2.24. The van der Waals surface area contributed by atoms with E-state index in [2.05, 4.69) is 15.7 Å². The molecule has 0 radical (unpaired) electrons. The lowest BCUT2D eigenvalue weighted by atomic mass is 10.1. The fraction of sp³-hybridized carbons (Fsp3) is 0.167. The van der Waals surface area contributed by atoms with Crippen molar-refractivity contribution < 1.29 is 13.9 Å². The zero-order valence-corrected chi connectivity index (χ0v) is 16.1. The second-order valence-corrected chi connectivity index (χ2v) is 7.20. The van der Waals surface area contributed by atoms with Gasteiger partial charge in [-0.25, -0.2) is 4.39 Å². The summed E-state index contributed by atoms with van der Waals surface area (Å²) < 4.78 is 25.7. The molecule has 1 aliphatic heterocycles. The Morgan fingerprint density at radius 2 is 1.96 bits per heavy atom. The van der Waals surface area contributed by atoms with Crippen LogP contribution in [-0.2, 0) is 0 Å². The molecule has 0 saturated heterocycles. The van der Waals surface area contributed by atoms with E-state index in [4.69, 9.17) is 21.1 Å². The van der Waals surface area contributed by atoms with Gasteiger partial charge in [0.25, 0.3) is 0 Å². The van der Waals surface area contributed by atoms with Gasteiger partial charge in [0, 0.05) is 29.3 Å². The van der Waals surface area contributed by atoms with Crippen LogP contribution in [-0.4, -0.2) is 28.9 Å². The highest BCUT2D eigenvalue weighted by atomic mass is 35.5. The molecule has 9 heteroatoms. The van der Waals surface area contributed by atoms with E-state index in [0.717, 1.165) is 22.8 Å². The third-order valence-corrected chi connectivity index (χ3v) is 5.27. The Hall–Kier alpha value is -2.58. The highest BCUT2D eigenvalue weighted by Crippen LogP contribution is 2.36. The maximum absolute atomic E-state index is 13.3. The number of methoxy groups -OCH3 is 2. The van der Waals surface area contributed by atoms with E-state index >= 15 is 0 Å². The van der Waals surface area contributed by atoms with Crippen molar-refractivity contribution in [2.24, 2.45) is 0 Å². The van der Waals surface area contributed by atoms with Crippen LogP contribution in [0.5, 0.6) is 11.5 Å². The van der Waals surface area contributed by atoms with E-state index in [1.165, 1.54) is 18.0 Å². The first kappa shape index (κ1) is 17.8. The number of anilines is 2. The molecule has 0 amide bonds. The summed E-state index contributed by atoms with van der Waals surface area (Å²) in [4.78, 5) is 0. The fourth-order valence-corrected chi connectivity index (χ4v) is 3.84. The van der Waals surface area contributed by atoms with Crippen LogP contribution in [0.25, 0.3) is 11.3 Å². The van der Waals surface area contributed by atoms with E-state index in [1.54, 1.807) is 30.4 Å². The number of ether oxygens (including phenoxy) is 2. The van der Waals surface area contributed by atoms with Gasteiger partial charge in [-0.15, -0.1) is 0 Å². The Kier molecular flexibility index (Phi) is 4.75. The minimum absolute atomic E-state index is 0.0801. The molecule has 1 aliphatic rings. The van der Waals surface area contributed by atoms with Gasteiger partial charge >= 0.3 is 0 Å². The minimum Gasteiger partial charge on any atom is -0.493 e. The first-order chi connectivity index (χ1) is 13.1. The third kappa shape index (κ3) is 3.50. The quantitative estimate of drug-likeness (QED) is 0.641. The summed E-state index contributed by atoms with van der Waals surface area (Å²) in [6, 6.07) is 12.1. The van der Waals surface area contributed by atoms with E-state index in [0.29, 0.717) is 11.5 Å². The predicted molar refractivity (Wildman–Crippen MR) is 106 cm³/mol. The molecule has 1 atom stereocenters. The zero-order chi connectivity index (χ0) is 19.0. The standard InChI is InChI=1S/C18H16ClFN4O2S/c1-25-15-6-3-10(7-16(15)26-2)14-9-17-22-18(27-24(17)23-14)21-11-4-5-13(20)12(19)8-11/h3-9,18,21-22H,1-2H3. The van der Waals surface area contributed by atoms with Crippen molar-refractivity contribution in [3.63, 3.8) is 0 Å². The first-order valence-corrected chi connectivity index (χ1v) is 9.26. The van der Waals surface area contributed by atoms with Crippen molar-refractivity contribution in [3.8, 4) is 22.8 Å². The molecule has 0 spiro atoms. The second-order valence-electron chi connectivity index (χ2n) is 5.76. The van der Waals surface area contributed by atoms with Gasteiger partial charge < -0.3 is 20.1 Å². The van der Waals surface area contributed by atoms with Gasteiger partial charge in [-0.1, -0.05) is 11.6 Å². The molecule has 0 saturated carbocycles. The normalized spacial score (nSPS) is 15.2. The van der Waals surface area contributed by atoms with Crippen LogP contribution in [0.15, 0.2) is 42.5 Å². The van der Waals surface area contributed by atoms with Crippen LogP contribution in [0.1, 0.15) is 0 Å². The summed E-state index contributed by atoms with van der Waals surface area (Å²) in [5.41, 5.74) is 2.31. The second kappa shape index (κ2) is 7.21. The van der Waals surface area contributed by atoms with Crippen molar-refractivity contribution in [1.29, 1.82) is 0 Å². The number of nitrogens with one attached hydrogen (secondary N) is 2. The molecular weight excluding hydrogens is 391 g/mol. The zero-order valence-electron chi connectivity index (χ0n) is 14.5. The third-order valence-electron chi connectivity index (χ3n) is 4.06. The van der Waals surface area contributed by atoms with E-state index in [9.17, 15) is 4.39 Å². The van der Waals surface area contributed by atoms with Crippen molar-refractivity contribution in [2.75, 3.05) is 24.9 Å². The summed E-state index contributed by atoms with van der Waals surface area (Å²) in [7, 11) is 3.20. The number of rotatable bonds is 5.